The summed E-state index contributed by atoms with van der Waals surface area (Å²) in [6, 6.07) is 22.1. The molecule has 0 fully saturated rings. The van der Waals surface area contributed by atoms with Crippen molar-refractivity contribution in [1.82, 2.24) is 9.97 Å². The average molecular weight is 613 g/mol. The van der Waals surface area contributed by atoms with Crippen LogP contribution in [0, 0.1) is 0 Å². The summed E-state index contributed by atoms with van der Waals surface area (Å²) >= 11 is 3.46. The number of carbonyl (C=O) groups is 1. The van der Waals surface area contributed by atoms with Crippen molar-refractivity contribution in [2.24, 2.45) is 0 Å². The minimum atomic E-state index is -3.98. The molecule has 10 nitrogen and oxygen atoms in total. The van der Waals surface area contributed by atoms with Crippen molar-refractivity contribution in [1.29, 1.82) is 0 Å². The first-order chi connectivity index (χ1) is 18.8. The Morgan fingerprint density at radius 3 is 2.33 bits per heavy atom. The molecular formula is C27H25BrN4O6S. The third kappa shape index (κ3) is 7.45. The third-order valence-electron chi connectivity index (χ3n) is 5.42. The molecule has 4 rings (SSSR count). The SMILES string of the molecule is COc1cc(NS(=O)(=O)c2ccc(NC(=O)c3ccc(OCCc4ccccc4)c(Br)c3)cc2)nc(OC)n1. The van der Waals surface area contributed by atoms with E-state index in [4.69, 9.17) is 14.2 Å². The quantitative estimate of drug-likeness (QED) is 0.244. The van der Waals surface area contributed by atoms with Crippen molar-refractivity contribution in [3.05, 3.63) is 94.5 Å². The molecule has 0 atom stereocenters. The molecule has 1 amide bonds. The number of carbonyl (C=O) groups excluding carboxylic acids is 1. The number of ether oxygens (including phenoxy) is 3. The summed E-state index contributed by atoms with van der Waals surface area (Å²) in [5.41, 5.74) is 2.00. The Labute approximate surface area is 234 Å². The van der Waals surface area contributed by atoms with Crippen LogP contribution in [0.1, 0.15) is 15.9 Å². The van der Waals surface area contributed by atoms with Crippen molar-refractivity contribution in [3.8, 4) is 17.6 Å². The summed E-state index contributed by atoms with van der Waals surface area (Å²) in [6.45, 7) is 0.497. The molecule has 0 spiro atoms. The van der Waals surface area contributed by atoms with Crippen LogP contribution in [-0.2, 0) is 16.4 Å². The van der Waals surface area contributed by atoms with Gasteiger partial charge in [-0.3, -0.25) is 9.52 Å². The molecule has 0 saturated carbocycles. The molecule has 1 aromatic heterocycles. The molecule has 1 heterocycles. The first kappa shape index (κ1) is 27.9. The van der Waals surface area contributed by atoms with Gasteiger partial charge >= 0.3 is 6.01 Å². The van der Waals surface area contributed by atoms with E-state index in [9.17, 15) is 13.2 Å². The second-order valence-electron chi connectivity index (χ2n) is 8.10. The largest absolute Gasteiger partial charge is 0.492 e. The van der Waals surface area contributed by atoms with E-state index in [0.29, 0.717) is 28.1 Å². The number of rotatable bonds is 11. The summed E-state index contributed by atoms with van der Waals surface area (Å²) in [5.74, 6) is 0.383. The first-order valence-electron chi connectivity index (χ1n) is 11.6. The summed E-state index contributed by atoms with van der Waals surface area (Å²) in [7, 11) is -1.24. The van der Waals surface area contributed by atoms with Gasteiger partial charge < -0.3 is 19.5 Å². The van der Waals surface area contributed by atoms with E-state index < -0.39 is 10.0 Å². The van der Waals surface area contributed by atoms with Gasteiger partial charge in [-0.05, 0) is 64.0 Å². The number of anilines is 2. The van der Waals surface area contributed by atoms with Crippen molar-refractivity contribution in [3.63, 3.8) is 0 Å². The molecule has 0 bridgehead atoms. The maximum atomic E-state index is 12.8. The number of benzene rings is 3. The van der Waals surface area contributed by atoms with Crippen LogP contribution in [0.15, 0.2) is 88.2 Å². The van der Waals surface area contributed by atoms with Gasteiger partial charge in [-0.1, -0.05) is 30.3 Å². The summed E-state index contributed by atoms with van der Waals surface area (Å²) < 4.78 is 44.5. The fraction of sp³-hybridized carbons (Fsp3) is 0.148. The van der Waals surface area contributed by atoms with Crippen LogP contribution in [0.25, 0.3) is 0 Å². The molecule has 0 radical (unpaired) electrons. The number of aromatic nitrogens is 2. The second kappa shape index (κ2) is 12.6. The molecule has 12 heteroatoms. The third-order valence-corrected chi connectivity index (χ3v) is 7.41. The Morgan fingerprint density at radius 2 is 1.67 bits per heavy atom. The Kier molecular flexibility index (Phi) is 8.99. The number of nitrogens with one attached hydrogen (secondary N) is 2. The maximum Gasteiger partial charge on any atom is 0.321 e. The van der Waals surface area contributed by atoms with Crippen molar-refractivity contribution in [2.45, 2.75) is 11.3 Å². The Balaban J connectivity index is 1.37. The minimum Gasteiger partial charge on any atom is -0.492 e. The van der Waals surface area contributed by atoms with Crippen LogP contribution < -0.4 is 24.2 Å². The smallest absolute Gasteiger partial charge is 0.321 e. The minimum absolute atomic E-state index is 0.0193. The van der Waals surface area contributed by atoms with E-state index in [1.165, 1.54) is 50.1 Å². The van der Waals surface area contributed by atoms with Crippen molar-refractivity contribution < 1.29 is 27.4 Å². The molecule has 0 aliphatic heterocycles. The van der Waals surface area contributed by atoms with Crippen LogP contribution in [0.5, 0.6) is 17.6 Å². The van der Waals surface area contributed by atoms with E-state index in [1.54, 1.807) is 18.2 Å². The molecule has 2 N–H and O–H groups in total. The zero-order valence-corrected chi connectivity index (χ0v) is 23.5. The second-order valence-corrected chi connectivity index (χ2v) is 10.6. The van der Waals surface area contributed by atoms with E-state index in [1.807, 2.05) is 30.3 Å². The molecular weight excluding hydrogens is 588 g/mol. The fourth-order valence-electron chi connectivity index (χ4n) is 3.45. The molecule has 0 aliphatic rings. The summed E-state index contributed by atoms with van der Waals surface area (Å²) in [4.78, 5) is 20.7. The van der Waals surface area contributed by atoms with Gasteiger partial charge in [0.2, 0.25) is 5.88 Å². The van der Waals surface area contributed by atoms with Gasteiger partial charge in [0.05, 0.1) is 30.2 Å². The standard InChI is InChI=1S/C27H25BrN4O6S/c1-36-25-17-24(30-27(31-25)37-2)32-39(34,35)21-11-9-20(10-12-21)29-26(33)19-8-13-23(22(28)16-19)38-15-14-18-6-4-3-5-7-18/h3-13,16-17H,14-15H2,1-2H3,(H,29,33)(H,30,31,32). The highest BCUT2D eigenvalue weighted by Gasteiger charge is 2.17. The number of halogens is 1. The van der Waals surface area contributed by atoms with Gasteiger partial charge in [0, 0.05) is 23.7 Å². The van der Waals surface area contributed by atoms with Gasteiger partial charge in [0.1, 0.15) is 5.75 Å². The lowest BCUT2D eigenvalue weighted by molar-refractivity contribution is 0.102. The number of hydrogen-bond donors (Lipinski definition) is 2. The highest BCUT2D eigenvalue weighted by atomic mass is 79.9. The van der Waals surface area contributed by atoms with Crippen molar-refractivity contribution in [2.75, 3.05) is 30.9 Å². The Bertz CT molecular complexity index is 1530. The normalized spacial score (nSPS) is 10.9. The van der Waals surface area contributed by atoms with E-state index in [0.717, 1.165) is 6.42 Å². The number of sulfonamides is 1. The molecule has 4 aromatic rings. The lowest BCUT2D eigenvalue weighted by Gasteiger charge is -2.11. The van der Waals surface area contributed by atoms with Crippen LogP contribution in [0.2, 0.25) is 0 Å². The van der Waals surface area contributed by atoms with E-state index >= 15 is 0 Å². The zero-order chi connectivity index (χ0) is 27.8. The molecule has 0 unspecified atom stereocenters. The van der Waals surface area contributed by atoms with Gasteiger partial charge in [-0.25, -0.2) is 8.42 Å². The van der Waals surface area contributed by atoms with Gasteiger partial charge in [-0.2, -0.15) is 9.97 Å². The fourth-order valence-corrected chi connectivity index (χ4v) is 4.94. The molecule has 0 aliphatic carbocycles. The summed E-state index contributed by atoms with van der Waals surface area (Å²) in [5, 5.41) is 2.76. The molecule has 202 valence electrons. The zero-order valence-electron chi connectivity index (χ0n) is 21.0. The molecule has 0 saturated heterocycles. The maximum absolute atomic E-state index is 12.8. The van der Waals surface area contributed by atoms with Gasteiger partial charge in [0.15, 0.2) is 5.82 Å². The molecule has 3 aromatic carbocycles. The van der Waals surface area contributed by atoms with Crippen LogP contribution in [0.4, 0.5) is 11.5 Å². The Hall–Kier alpha value is -4.16. The predicted octanol–water partition coefficient (Wildman–Crippen LogP) is 4.93. The topological polar surface area (TPSA) is 129 Å². The summed E-state index contributed by atoms with van der Waals surface area (Å²) in [6.07, 6.45) is 0.762. The predicted molar refractivity (Wildman–Crippen MR) is 150 cm³/mol. The van der Waals surface area contributed by atoms with Gasteiger partial charge in [-0.15, -0.1) is 0 Å². The number of amides is 1. The van der Waals surface area contributed by atoms with Crippen LogP contribution in [0.3, 0.4) is 0 Å². The first-order valence-corrected chi connectivity index (χ1v) is 13.9. The van der Waals surface area contributed by atoms with Gasteiger partial charge in [0.25, 0.3) is 15.9 Å². The molecule has 39 heavy (non-hydrogen) atoms. The highest BCUT2D eigenvalue weighted by molar-refractivity contribution is 9.10. The van der Waals surface area contributed by atoms with E-state index in [2.05, 4.69) is 35.9 Å². The van der Waals surface area contributed by atoms with Crippen LogP contribution >= 0.6 is 15.9 Å². The lowest BCUT2D eigenvalue weighted by atomic mass is 10.1. The average Bonchev–Trinajstić information content (AvgIpc) is 2.94. The van der Waals surface area contributed by atoms with Crippen molar-refractivity contribution >= 4 is 43.4 Å². The van der Waals surface area contributed by atoms with Crippen LogP contribution in [-0.4, -0.2) is 45.1 Å². The monoisotopic (exact) mass is 612 g/mol. The number of hydrogen-bond acceptors (Lipinski definition) is 8. The van der Waals surface area contributed by atoms with E-state index in [-0.39, 0.29) is 28.5 Å². The highest BCUT2D eigenvalue weighted by Crippen LogP contribution is 2.27. The number of methoxy groups -OCH3 is 2. The lowest BCUT2D eigenvalue weighted by Crippen LogP contribution is -2.15. The number of nitrogens with zero attached hydrogens (tertiary/aromatic N) is 2. The Morgan fingerprint density at radius 1 is 0.923 bits per heavy atom.